The maximum atomic E-state index is 5.93. The second-order valence-corrected chi connectivity index (χ2v) is 4.62. The van der Waals surface area contributed by atoms with Crippen molar-refractivity contribution in [1.29, 1.82) is 0 Å². The van der Waals surface area contributed by atoms with E-state index in [1.807, 2.05) is 18.2 Å². The standard InChI is InChI=1S/C14H19N3O2/c1-8(2)12-13(16-17-14(12)15)10-7-9(18-3)5-6-11(10)19-4/h5-8H,1-4H3,(H3,15,16,17). The second-order valence-electron chi connectivity index (χ2n) is 4.62. The van der Waals surface area contributed by atoms with Gasteiger partial charge in [0, 0.05) is 11.1 Å². The van der Waals surface area contributed by atoms with Gasteiger partial charge in [-0.1, -0.05) is 13.8 Å². The van der Waals surface area contributed by atoms with Crippen molar-refractivity contribution in [3.8, 4) is 22.8 Å². The Balaban J connectivity index is 2.63. The predicted octanol–water partition coefficient (Wildman–Crippen LogP) is 2.80. The number of nitrogens with two attached hydrogens (primary N) is 1. The van der Waals surface area contributed by atoms with E-state index in [0.29, 0.717) is 5.82 Å². The Bertz CT molecular complexity index is 576. The fraction of sp³-hybridized carbons (Fsp3) is 0.357. The number of methoxy groups -OCH3 is 2. The Morgan fingerprint density at radius 3 is 2.53 bits per heavy atom. The van der Waals surface area contributed by atoms with Crippen LogP contribution in [-0.4, -0.2) is 24.4 Å². The molecule has 0 aliphatic rings. The molecule has 0 fully saturated rings. The van der Waals surface area contributed by atoms with Gasteiger partial charge in [0.15, 0.2) is 0 Å². The van der Waals surface area contributed by atoms with Crippen molar-refractivity contribution >= 4 is 5.82 Å². The van der Waals surface area contributed by atoms with Crippen LogP contribution in [0.25, 0.3) is 11.3 Å². The van der Waals surface area contributed by atoms with Gasteiger partial charge in [-0.3, -0.25) is 5.10 Å². The van der Waals surface area contributed by atoms with E-state index in [4.69, 9.17) is 15.2 Å². The number of anilines is 1. The van der Waals surface area contributed by atoms with Crippen LogP contribution in [0.1, 0.15) is 25.3 Å². The number of benzene rings is 1. The van der Waals surface area contributed by atoms with Gasteiger partial charge in [0.2, 0.25) is 0 Å². The Morgan fingerprint density at radius 2 is 1.95 bits per heavy atom. The number of ether oxygens (including phenoxy) is 2. The summed E-state index contributed by atoms with van der Waals surface area (Å²) in [6.07, 6.45) is 0. The number of aromatic nitrogens is 2. The molecule has 1 aromatic heterocycles. The molecular weight excluding hydrogens is 242 g/mol. The van der Waals surface area contributed by atoms with Gasteiger partial charge in [-0.25, -0.2) is 0 Å². The van der Waals surface area contributed by atoms with E-state index >= 15 is 0 Å². The quantitative estimate of drug-likeness (QED) is 0.887. The van der Waals surface area contributed by atoms with Crippen LogP contribution in [0.4, 0.5) is 5.82 Å². The van der Waals surface area contributed by atoms with Crippen molar-refractivity contribution in [1.82, 2.24) is 10.2 Å². The zero-order valence-electron chi connectivity index (χ0n) is 11.7. The summed E-state index contributed by atoms with van der Waals surface area (Å²) in [6, 6.07) is 5.64. The van der Waals surface area contributed by atoms with Gasteiger partial charge < -0.3 is 15.2 Å². The first-order chi connectivity index (χ1) is 9.08. The molecule has 5 heteroatoms. The first-order valence-corrected chi connectivity index (χ1v) is 6.14. The number of nitrogens with zero attached hydrogens (tertiary/aromatic N) is 1. The summed E-state index contributed by atoms with van der Waals surface area (Å²) in [5.74, 6) is 2.31. The third-order valence-corrected chi connectivity index (χ3v) is 3.09. The molecule has 0 spiro atoms. The average Bonchev–Trinajstić information content (AvgIpc) is 2.79. The normalized spacial score (nSPS) is 10.8. The Morgan fingerprint density at radius 1 is 1.21 bits per heavy atom. The monoisotopic (exact) mass is 261 g/mol. The van der Waals surface area contributed by atoms with Crippen molar-refractivity contribution in [2.75, 3.05) is 20.0 Å². The van der Waals surface area contributed by atoms with E-state index in [9.17, 15) is 0 Å². The first kappa shape index (κ1) is 13.3. The van der Waals surface area contributed by atoms with Gasteiger partial charge in [-0.2, -0.15) is 5.10 Å². The third-order valence-electron chi connectivity index (χ3n) is 3.09. The average molecular weight is 261 g/mol. The van der Waals surface area contributed by atoms with Crippen LogP contribution in [0.15, 0.2) is 18.2 Å². The number of hydrogen-bond acceptors (Lipinski definition) is 4. The lowest BCUT2D eigenvalue weighted by molar-refractivity contribution is 0.404. The largest absolute Gasteiger partial charge is 0.497 e. The molecule has 0 saturated carbocycles. The topological polar surface area (TPSA) is 73.2 Å². The molecule has 2 rings (SSSR count). The minimum absolute atomic E-state index is 0.268. The summed E-state index contributed by atoms with van der Waals surface area (Å²) < 4.78 is 10.7. The van der Waals surface area contributed by atoms with Crippen LogP contribution in [-0.2, 0) is 0 Å². The summed E-state index contributed by atoms with van der Waals surface area (Å²) in [6.45, 7) is 4.16. The molecule has 0 atom stereocenters. The van der Waals surface area contributed by atoms with Gasteiger partial charge in [0.1, 0.15) is 17.3 Å². The number of rotatable bonds is 4. The van der Waals surface area contributed by atoms with Gasteiger partial charge in [0.05, 0.1) is 19.9 Å². The van der Waals surface area contributed by atoms with E-state index in [-0.39, 0.29) is 5.92 Å². The highest BCUT2D eigenvalue weighted by molar-refractivity contribution is 5.75. The lowest BCUT2D eigenvalue weighted by Crippen LogP contribution is -1.97. The Hall–Kier alpha value is -2.17. The smallest absolute Gasteiger partial charge is 0.149 e. The maximum Gasteiger partial charge on any atom is 0.149 e. The first-order valence-electron chi connectivity index (χ1n) is 6.14. The Kier molecular flexibility index (Phi) is 3.64. The molecule has 0 saturated heterocycles. The molecule has 0 unspecified atom stereocenters. The summed E-state index contributed by atoms with van der Waals surface area (Å²) in [5, 5.41) is 7.09. The number of nitrogen functional groups attached to an aromatic ring is 1. The van der Waals surface area contributed by atoms with Crippen LogP contribution < -0.4 is 15.2 Å². The van der Waals surface area contributed by atoms with Gasteiger partial charge in [-0.15, -0.1) is 0 Å². The highest BCUT2D eigenvalue weighted by atomic mass is 16.5. The highest BCUT2D eigenvalue weighted by Crippen LogP contribution is 2.38. The van der Waals surface area contributed by atoms with Crippen molar-refractivity contribution in [3.05, 3.63) is 23.8 Å². The minimum atomic E-state index is 0.268. The van der Waals surface area contributed by atoms with Crippen molar-refractivity contribution in [2.45, 2.75) is 19.8 Å². The van der Waals surface area contributed by atoms with Crippen LogP contribution in [0, 0.1) is 0 Å². The predicted molar refractivity (Wildman–Crippen MR) is 75.6 cm³/mol. The molecule has 0 amide bonds. The number of nitrogens with one attached hydrogen (secondary N) is 1. The zero-order valence-corrected chi connectivity index (χ0v) is 11.7. The molecule has 0 aliphatic carbocycles. The molecule has 1 heterocycles. The molecule has 0 aliphatic heterocycles. The van der Waals surface area contributed by atoms with E-state index in [1.165, 1.54) is 0 Å². The summed E-state index contributed by atoms with van der Waals surface area (Å²) in [4.78, 5) is 0. The van der Waals surface area contributed by atoms with Crippen LogP contribution >= 0.6 is 0 Å². The summed E-state index contributed by atoms with van der Waals surface area (Å²) in [7, 11) is 3.27. The minimum Gasteiger partial charge on any atom is -0.497 e. The van der Waals surface area contributed by atoms with E-state index in [2.05, 4.69) is 24.0 Å². The number of hydrogen-bond donors (Lipinski definition) is 2. The lowest BCUT2D eigenvalue weighted by atomic mass is 9.98. The van der Waals surface area contributed by atoms with Gasteiger partial charge in [0.25, 0.3) is 0 Å². The van der Waals surface area contributed by atoms with E-state index in [1.54, 1.807) is 14.2 Å². The number of aromatic amines is 1. The molecule has 0 radical (unpaired) electrons. The van der Waals surface area contributed by atoms with Crippen LogP contribution in [0.5, 0.6) is 11.5 Å². The molecule has 19 heavy (non-hydrogen) atoms. The zero-order chi connectivity index (χ0) is 14.0. The maximum absolute atomic E-state index is 5.93. The van der Waals surface area contributed by atoms with Crippen molar-refractivity contribution < 1.29 is 9.47 Å². The van der Waals surface area contributed by atoms with Crippen LogP contribution in [0.2, 0.25) is 0 Å². The SMILES string of the molecule is COc1ccc(OC)c(-c2[nH]nc(N)c2C(C)C)c1. The Labute approximate surface area is 112 Å². The molecule has 0 bridgehead atoms. The van der Waals surface area contributed by atoms with Crippen LogP contribution in [0.3, 0.4) is 0 Å². The molecule has 3 N–H and O–H groups in total. The lowest BCUT2D eigenvalue weighted by Gasteiger charge is -2.12. The molecule has 1 aromatic carbocycles. The van der Waals surface area contributed by atoms with Crippen molar-refractivity contribution in [3.63, 3.8) is 0 Å². The highest BCUT2D eigenvalue weighted by Gasteiger charge is 2.19. The van der Waals surface area contributed by atoms with E-state index < -0.39 is 0 Å². The molecular formula is C14H19N3O2. The second kappa shape index (κ2) is 5.22. The van der Waals surface area contributed by atoms with Crippen molar-refractivity contribution in [2.24, 2.45) is 0 Å². The summed E-state index contributed by atoms with van der Waals surface area (Å²) >= 11 is 0. The number of H-pyrrole nitrogens is 1. The molecule has 102 valence electrons. The summed E-state index contributed by atoms with van der Waals surface area (Å²) in [5.41, 5.74) is 8.70. The fourth-order valence-electron chi connectivity index (χ4n) is 2.16. The molecule has 5 nitrogen and oxygen atoms in total. The van der Waals surface area contributed by atoms with Gasteiger partial charge in [-0.05, 0) is 24.1 Å². The molecule has 2 aromatic rings. The third kappa shape index (κ3) is 2.36. The fourth-order valence-corrected chi connectivity index (χ4v) is 2.16. The van der Waals surface area contributed by atoms with Gasteiger partial charge >= 0.3 is 0 Å². The van der Waals surface area contributed by atoms with E-state index in [0.717, 1.165) is 28.3 Å².